The minimum atomic E-state index is -0.372. The summed E-state index contributed by atoms with van der Waals surface area (Å²) in [5.74, 6) is 1.85. The highest BCUT2D eigenvalue weighted by molar-refractivity contribution is 7.14. The molecule has 5 aromatic rings. The molecule has 0 radical (unpaired) electrons. The lowest BCUT2D eigenvalue weighted by atomic mass is 9.93. The molecule has 0 bridgehead atoms. The van der Waals surface area contributed by atoms with Crippen molar-refractivity contribution in [1.82, 2.24) is 15.0 Å². The third-order valence-electron chi connectivity index (χ3n) is 5.36. The van der Waals surface area contributed by atoms with E-state index in [-0.39, 0.29) is 11.4 Å². The standard InChI is InChI=1S/C26H24N6O4S/c1-26(2,3)21-14-37-25(30-21)31-24(34)27-16-6-8-17(9-7-16)36-18-10-11-19-20(13-18)29-23(28-19)32(15-33)22-5-4-12-35-22/h4-15H,1-3H3,(H,28,29)(H2,27,30,31,34). The minimum Gasteiger partial charge on any atom is -0.457 e. The first-order valence-electron chi connectivity index (χ1n) is 11.4. The number of furan rings is 1. The van der Waals surface area contributed by atoms with E-state index in [4.69, 9.17) is 9.15 Å². The van der Waals surface area contributed by atoms with Crippen molar-refractivity contribution < 1.29 is 18.7 Å². The van der Waals surface area contributed by atoms with Gasteiger partial charge in [0.25, 0.3) is 0 Å². The van der Waals surface area contributed by atoms with Crippen molar-refractivity contribution in [1.29, 1.82) is 0 Å². The average Bonchev–Trinajstić information content (AvgIpc) is 3.62. The number of fused-ring (bicyclic) bond motifs is 1. The van der Waals surface area contributed by atoms with Crippen molar-refractivity contribution in [2.45, 2.75) is 26.2 Å². The molecular formula is C26H24N6O4S. The summed E-state index contributed by atoms with van der Waals surface area (Å²) in [5, 5.41) is 8.04. The number of nitrogens with zero attached hydrogens (tertiary/aromatic N) is 3. The predicted molar refractivity (Wildman–Crippen MR) is 143 cm³/mol. The Hall–Kier alpha value is -4.64. The van der Waals surface area contributed by atoms with Crippen LogP contribution in [0.1, 0.15) is 26.5 Å². The first-order chi connectivity index (χ1) is 17.8. The Labute approximate surface area is 216 Å². The highest BCUT2D eigenvalue weighted by atomic mass is 32.1. The Kier molecular flexibility index (Phi) is 6.36. The van der Waals surface area contributed by atoms with E-state index in [1.807, 2.05) is 5.38 Å². The molecule has 0 aliphatic heterocycles. The first kappa shape index (κ1) is 24.1. The molecule has 11 heteroatoms. The van der Waals surface area contributed by atoms with Crippen LogP contribution in [0.2, 0.25) is 0 Å². The second-order valence-corrected chi connectivity index (χ2v) is 10.0. The van der Waals surface area contributed by atoms with E-state index < -0.39 is 0 Å². The Bertz CT molecular complexity index is 1530. The number of rotatable bonds is 7. The smallest absolute Gasteiger partial charge is 0.325 e. The van der Waals surface area contributed by atoms with Crippen LogP contribution < -0.4 is 20.3 Å². The Morgan fingerprint density at radius 3 is 2.54 bits per heavy atom. The van der Waals surface area contributed by atoms with Crippen LogP contribution in [0.3, 0.4) is 0 Å². The normalized spacial score (nSPS) is 11.3. The van der Waals surface area contributed by atoms with Gasteiger partial charge in [-0.2, -0.15) is 0 Å². The lowest BCUT2D eigenvalue weighted by Crippen LogP contribution is -2.19. The molecule has 0 unspecified atom stereocenters. The number of anilines is 4. The van der Waals surface area contributed by atoms with Crippen molar-refractivity contribution >= 4 is 57.5 Å². The molecule has 0 fully saturated rings. The summed E-state index contributed by atoms with van der Waals surface area (Å²) in [6.45, 7) is 6.22. The molecule has 2 aromatic carbocycles. The van der Waals surface area contributed by atoms with Crippen LogP contribution in [-0.4, -0.2) is 27.4 Å². The van der Waals surface area contributed by atoms with E-state index in [1.54, 1.807) is 54.6 Å². The van der Waals surface area contributed by atoms with Gasteiger partial charge in [0.2, 0.25) is 18.2 Å². The molecular weight excluding hydrogens is 492 g/mol. The molecule has 3 heterocycles. The molecule has 0 atom stereocenters. The number of urea groups is 1. The molecule has 0 aliphatic rings. The maximum Gasteiger partial charge on any atom is 0.325 e. The second kappa shape index (κ2) is 9.78. The van der Waals surface area contributed by atoms with Gasteiger partial charge in [0.15, 0.2) is 5.13 Å². The summed E-state index contributed by atoms with van der Waals surface area (Å²) in [7, 11) is 0. The molecule has 0 saturated carbocycles. The Morgan fingerprint density at radius 2 is 1.86 bits per heavy atom. The van der Waals surface area contributed by atoms with Crippen LogP contribution in [0.5, 0.6) is 11.5 Å². The van der Waals surface area contributed by atoms with Crippen molar-refractivity contribution in [3.05, 3.63) is 71.9 Å². The fourth-order valence-electron chi connectivity index (χ4n) is 3.44. The van der Waals surface area contributed by atoms with E-state index in [1.165, 1.54) is 22.5 Å². The highest BCUT2D eigenvalue weighted by Gasteiger charge is 2.18. The van der Waals surface area contributed by atoms with Crippen LogP contribution in [0, 0.1) is 0 Å². The number of carbonyl (C=O) groups excluding carboxylic acids is 2. The van der Waals surface area contributed by atoms with Crippen LogP contribution in [0.15, 0.2) is 70.7 Å². The Morgan fingerprint density at radius 1 is 1.08 bits per heavy atom. The first-order valence-corrected chi connectivity index (χ1v) is 12.3. The summed E-state index contributed by atoms with van der Waals surface area (Å²) in [4.78, 5) is 37.2. The largest absolute Gasteiger partial charge is 0.457 e. The number of amides is 3. The monoisotopic (exact) mass is 516 g/mol. The third kappa shape index (κ3) is 5.46. The highest BCUT2D eigenvalue weighted by Crippen LogP contribution is 2.29. The third-order valence-corrected chi connectivity index (χ3v) is 6.12. The van der Waals surface area contributed by atoms with Crippen molar-refractivity contribution in [2.24, 2.45) is 0 Å². The average molecular weight is 517 g/mol. The number of thiazole rings is 1. The van der Waals surface area contributed by atoms with E-state index in [0.29, 0.717) is 51.6 Å². The summed E-state index contributed by atoms with van der Waals surface area (Å²) in [5.41, 5.74) is 2.82. The van der Waals surface area contributed by atoms with E-state index >= 15 is 0 Å². The second-order valence-electron chi connectivity index (χ2n) is 9.16. The molecule has 37 heavy (non-hydrogen) atoms. The van der Waals surface area contributed by atoms with Gasteiger partial charge in [0, 0.05) is 28.6 Å². The zero-order valence-electron chi connectivity index (χ0n) is 20.3. The Balaban J connectivity index is 1.22. The molecule has 0 saturated heterocycles. The number of H-pyrrole nitrogens is 1. The number of hydrogen-bond acceptors (Lipinski definition) is 7. The summed E-state index contributed by atoms with van der Waals surface area (Å²) in [6.07, 6.45) is 2.11. The molecule has 3 amide bonds. The topological polar surface area (TPSA) is 125 Å². The number of aromatic nitrogens is 3. The van der Waals surface area contributed by atoms with Gasteiger partial charge in [-0.05, 0) is 42.5 Å². The fourth-order valence-corrected chi connectivity index (χ4v) is 4.38. The summed E-state index contributed by atoms with van der Waals surface area (Å²) < 4.78 is 11.3. The molecule has 5 rings (SSSR count). The zero-order chi connectivity index (χ0) is 26.0. The van der Waals surface area contributed by atoms with Gasteiger partial charge in [-0.15, -0.1) is 11.3 Å². The van der Waals surface area contributed by atoms with Crippen molar-refractivity contribution in [3.63, 3.8) is 0 Å². The number of aromatic amines is 1. The van der Waals surface area contributed by atoms with Gasteiger partial charge in [-0.25, -0.2) is 19.7 Å². The number of imidazole rings is 1. The molecule has 0 aliphatic carbocycles. The summed E-state index contributed by atoms with van der Waals surface area (Å²) in [6, 6.07) is 15.3. The number of ether oxygens (including phenoxy) is 1. The van der Waals surface area contributed by atoms with Gasteiger partial charge in [0.1, 0.15) is 11.5 Å². The van der Waals surface area contributed by atoms with Gasteiger partial charge in [-0.3, -0.25) is 10.1 Å². The predicted octanol–water partition coefficient (Wildman–Crippen LogP) is 6.64. The number of benzene rings is 2. The van der Waals surface area contributed by atoms with E-state index in [9.17, 15) is 9.59 Å². The minimum absolute atomic E-state index is 0.0806. The SMILES string of the molecule is CC(C)(C)c1csc(NC(=O)Nc2ccc(Oc3ccc4nc(N(C=O)c5ccco5)[nH]c4c3)cc2)n1. The van der Waals surface area contributed by atoms with Crippen LogP contribution >= 0.6 is 11.3 Å². The van der Waals surface area contributed by atoms with E-state index in [2.05, 4.69) is 46.4 Å². The number of nitrogens with one attached hydrogen (secondary N) is 3. The fraction of sp³-hybridized carbons (Fsp3) is 0.154. The summed E-state index contributed by atoms with van der Waals surface area (Å²) >= 11 is 1.39. The molecule has 3 aromatic heterocycles. The molecule has 10 nitrogen and oxygen atoms in total. The van der Waals surface area contributed by atoms with Crippen LogP contribution in [-0.2, 0) is 10.2 Å². The number of carbonyl (C=O) groups is 2. The molecule has 3 N–H and O–H groups in total. The van der Waals surface area contributed by atoms with Crippen molar-refractivity contribution in [2.75, 3.05) is 15.5 Å². The maximum absolute atomic E-state index is 12.4. The molecule has 0 spiro atoms. The van der Waals surface area contributed by atoms with Gasteiger partial charge < -0.3 is 19.5 Å². The quantitative estimate of drug-likeness (QED) is 0.208. The van der Waals surface area contributed by atoms with Gasteiger partial charge in [-0.1, -0.05) is 20.8 Å². The lowest BCUT2D eigenvalue weighted by molar-refractivity contribution is -0.107. The van der Waals surface area contributed by atoms with Gasteiger partial charge >= 0.3 is 6.03 Å². The maximum atomic E-state index is 12.4. The van der Waals surface area contributed by atoms with Gasteiger partial charge in [0.05, 0.1) is 23.0 Å². The van der Waals surface area contributed by atoms with Crippen LogP contribution in [0.25, 0.3) is 11.0 Å². The van der Waals surface area contributed by atoms with E-state index in [0.717, 1.165) is 5.69 Å². The van der Waals surface area contributed by atoms with Crippen molar-refractivity contribution in [3.8, 4) is 11.5 Å². The zero-order valence-corrected chi connectivity index (χ0v) is 21.1. The lowest BCUT2D eigenvalue weighted by Gasteiger charge is -2.14. The molecule has 188 valence electrons. The number of hydrogen-bond donors (Lipinski definition) is 3. The van der Waals surface area contributed by atoms with Crippen LogP contribution in [0.4, 0.5) is 27.4 Å².